The second-order valence-electron chi connectivity index (χ2n) is 6.81. The molecule has 0 spiro atoms. The van der Waals surface area contributed by atoms with Crippen LogP contribution in [0.5, 0.6) is 0 Å². The van der Waals surface area contributed by atoms with Gasteiger partial charge in [0.2, 0.25) is 10.0 Å². The van der Waals surface area contributed by atoms with E-state index >= 15 is 0 Å². The summed E-state index contributed by atoms with van der Waals surface area (Å²) in [6, 6.07) is 10.2. The predicted octanol–water partition coefficient (Wildman–Crippen LogP) is 3.31. The lowest BCUT2D eigenvalue weighted by Crippen LogP contribution is -2.41. The highest BCUT2D eigenvalue weighted by Gasteiger charge is 2.26. The van der Waals surface area contributed by atoms with E-state index in [4.69, 9.17) is 8.83 Å². The molecule has 4 rings (SSSR count). The summed E-state index contributed by atoms with van der Waals surface area (Å²) in [7, 11) is -3.65. The molecule has 1 fully saturated rings. The molecule has 2 aromatic heterocycles. The van der Waals surface area contributed by atoms with Crippen LogP contribution in [0.4, 0.5) is 0 Å². The standard InChI is InChI=1S/C20H23N3O4S2/c1-15-22-18(14-27-15)16-4-6-17(7-5-16)29(24,25)21-13-19(20-3-2-10-26-20)23-8-11-28-12-9-23/h2-7,10,14,19,21H,8-9,11-13H2,1H3. The van der Waals surface area contributed by atoms with E-state index in [1.54, 1.807) is 43.7 Å². The van der Waals surface area contributed by atoms with Crippen LogP contribution in [-0.4, -0.2) is 49.4 Å². The Morgan fingerprint density at radius 3 is 2.55 bits per heavy atom. The Kier molecular flexibility index (Phi) is 6.09. The van der Waals surface area contributed by atoms with Crippen molar-refractivity contribution in [1.82, 2.24) is 14.6 Å². The van der Waals surface area contributed by atoms with Crippen LogP contribution in [0.15, 0.2) is 62.7 Å². The number of aryl methyl sites for hydroxylation is 1. The van der Waals surface area contributed by atoms with Crippen LogP contribution < -0.4 is 4.72 Å². The lowest BCUT2D eigenvalue weighted by molar-refractivity contribution is 0.193. The molecule has 1 saturated heterocycles. The third-order valence-electron chi connectivity index (χ3n) is 4.90. The first-order valence-electron chi connectivity index (χ1n) is 9.40. The first-order chi connectivity index (χ1) is 14.0. The number of furan rings is 1. The number of nitrogens with zero attached hydrogens (tertiary/aromatic N) is 2. The molecule has 1 aliphatic heterocycles. The van der Waals surface area contributed by atoms with Crippen LogP contribution in [0.1, 0.15) is 17.7 Å². The van der Waals surface area contributed by atoms with E-state index in [0.717, 1.165) is 35.9 Å². The molecule has 3 aromatic rings. The van der Waals surface area contributed by atoms with Gasteiger partial charge in [0.1, 0.15) is 17.7 Å². The monoisotopic (exact) mass is 433 g/mol. The zero-order valence-electron chi connectivity index (χ0n) is 16.1. The number of thioether (sulfide) groups is 1. The van der Waals surface area contributed by atoms with Gasteiger partial charge in [-0.3, -0.25) is 4.90 Å². The predicted molar refractivity (Wildman–Crippen MR) is 112 cm³/mol. The highest BCUT2D eigenvalue weighted by atomic mass is 32.2. The van der Waals surface area contributed by atoms with Crippen molar-refractivity contribution < 1.29 is 17.3 Å². The van der Waals surface area contributed by atoms with E-state index in [9.17, 15) is 8.42 Å². The van der Waals surface area contributed by atoms with E-state index in [0.29, 0.717) is 11.6 Å². The molecule has 0 bridgehead atoms. The number of sulfonamides is 1. The Balaban J connectivity index is 1.48. The molecule has 1 aliphatic rings. The van der Waals surface area contributed by atoms with Crippen LogP contribution in [-0.2, 0) is 10.0 Å². The van der Waals surface area contributed by atoms with Crippen molar-refractivity contribution in [1.29, 1.82) is 0 Å². The van der Waals surface area contributed by atoms with Gasteiger partial charge >= 0.3 is 0 Å². The van der Waals surface area contributed by atoms with Crippen molar-refractivity contribution in [2.45, 2.75) is 17.9 Å². The molecule has 7 nitrogen and oxygen atoms in total. The molecule has 3 heterocycles. The van der Waals surface area contributed by atoms with Crippen molar-refractivity contribution in [3.8, 4) is 11.3 Å². The normalized spacial score (nSPS) is 16.7. The molecule has 1 aromatic carbocycles. The minimum Gasteiger partial charge on any atom is -0.468 e. The van der Waals surface area contributed by atoms with Crippen molar-refractivity contribution in [2.75, 3.05) is 31.1 Å². The van der Waals surface area contributed by atoms with Gasteiger partial charge in [-0.05, 0) is 24.3 Å². The fourth-order valence-corrected chi connectivity index (χ4v) is 5.32. The molecule has 1 N–H and O–H groups in total. The van der Waals surface area contributed by atoms with Gasteiger partial charge in [0.05, 0.1) is 17.2 Å². The van der Waals surface area contributed by atoms with Crippen molar-refractivity contribution in [3.63, 3.8) is 0 Å². The summed E-state index contributed by atoms with van der Waals surface area (Å²) in [6.07, 6.45) is 3.18. The highest BCUT2D eigenvalue weighted by molar-refractivity contribution is 7.99. The Labute approximate surface area is 174 Å². The molecular weight excluding hydrogens is 410 g/mol. The fraction of sp³-hybridized carbons (Fsp3) is 0.350. The van der Waals surface area contributed by atoms with E-state index in [1.165, 1.54) is 0 Å². The maximum absolute atomic E-state index is 12.8. The topological polar surface area (TPSA) is 88.6 Å². The third kappa shape index (κ3) is 4.75. The van der Waals surface area contributed by atoms with Gasteiger partial charge < -0.3 is 8.83 Å². The zero-order valence-corrected chi connectivity index (χ0v) is 17.7. The Morgan fingerprint density at radius 2 is 1.93 bits per heavy atom. The van der Waals surface area contributed by atoms with Crippen molar-refractivity contribution >= 4 is 21.8 Å². The number of nitrogens with one attached hydrogen (secondary N) is 1. The van der Waals surface area contributed by atoms with Gasteiger partial charge in [-0.2, -0.15) is 11.8 Å². The zero-order chi connectivity index (χ0) is 20.3. The second-order valence-corrected chi connectivity index (χ2v) is 9.80. The molecule has 0 saturated carbocycles. The molecule has 9 heteroatoms. The number of benzene rings is 1. The Bertz CT molecular complexity index is 1020. The van der Waals surface area contributed by atoms with Gasteiger partial charge in [0, 0.05) is 43.6 Å². The lowest BCUT2D eigenvalue weighted by Gasteiger charge is -2.33. The molecular formula is C20H23N3O4S2. The van der Waals surface area contributed by atoms with E-state index in [-0.39, 0.29) is 17.5 Å². The van der Waals surface area contributed by atoms with Crippen LogP contribution in [0.25, 0.3) is 11.3 Å². The summed E-state index contributed by atoms with van der Waals surface area (Å²) in [5.41, 5.74) is 1.49. The smallest absolute Gasteiger partial charge is 0.240 e. The maximum Gasteiger partial charge on any atom is 0.240 e. The Hall–Kier alpha value is -2.07. The summed E-state index contributed by atoms with van der Waals surface area (Å²) < 4.78 is 39.2. The summed E-state index contributed by atoms with van der Waals surface area (Å²) in [4.78, 5) is 6.75. The molecule has 1 unspecified atom stereocenters. The van der Waals surface area contributed by atoms with E-state index in [1.807, 2.05) is 23.9 Å². The summed E-state index contributed by atoms with van der Waals surface area (Å²) in [5, 5.41) is 0. The quantitative estimate of drug-likeness (QED) is 0.611. The summed E-state index contributed by atoms with van der Waals surface area (Å²) >= 11 is 1.91. The summed E-state index contributed by atoms with van der Waals surface area (Å²) in [6.45, 7) is 3.83. The maximum atomic E-state index is 12.8. The molecule has 0 aliphatic carbocycles. The lowest BCUT2D eigenvalue weighted by atomic mass is 10.2. The molecule has 154 valence electrons. The first kappa shape index (κ1) is 20.2. The highest BCUT2D eigenvalue weighted by Crippen LogP contribution is 2.25. The van der Waals surface area contributed by atoms with E-state index < -0.39 is 10.0 Å². The van der Waals surface area contributed by atoms with Gasteiger partial charge in [-0.15, -0.1) is 0 Å². The SMILES string of the molecule is Cc1nc(-c2ccc(S(=O)(=O)NCC(c3ccco3)N3CCSCC3)cc2)co1. The average molecular weight is 434 g/mol. The minimum absolute atomic E-state index is 0.127. The van der Waals surface area contributed by atoms with Gasteiger partial charge in [-0.25, -0.2) is 18.1 Å². The van der Waals surface area contributed by atoms with Gasteiger partial charge in [-0.1, -0.05) is 12.1 Å². The van der Waals surface area contributed by atoms with Gasteiger partial charge in [0.15, 0.2) is 5.89 Å². The Morgan fingerprint density at radius 1 is 1.17 bits per heavy atom. The van der Waals surface area contributed by atoms with Gasteiger partial charge in [0.25, 0.3) is 0 Å². The second kappa shape index (κ2) is 8.74. The van der Waals surface area contributed by atoms with Crippen molar-refractivity contribution in [3.05, 3.63) is 60.6 Å². The molecule has 0 amide bonds. The molecule has 0 radical (unpaired) electrons. The average Bonchev–Trinajstić information content (AvgIpc) is 3.41. The fourth-order valence-electron chi connectivity index (χ4n) is 3.35. The van der Waals surface area contributed by atoms with Crippen LogP contribution in [0.2, 0.25) is 0 Å². The largest absolute Gasteiger partial charge is 0.468 e. The van der Waals surface area contributed by atoms with Crippen LogP contribution in [0.3, 0.4) is 0 Å². The number of rotatable bonds is 7. The molecule has 1 atom stereocenters. The number of oxazole rings is 1. The van der Waals surface area contributed by atoms with Crippen LogP contribution in [0, 0.1) is 6.92 Å². The van der Waals surface area contributed by atoms with Crippen molar-refractivity contribution in [2.24, 2.45) is 0 Å². The first-order valence-corrected chi connectivity index (χ1v) is 12.0. The van der Waals surface area contributed by atoms with E-state index in [2.05, 4.69) is 14.6 Å². The molecule has 29 heavy (non-hydrogen) atoms. The minimum atomic E-state index is -3.65. The number of aromatic nitrogens is 1. The number of hydrogen-bond donors (Lipinski definition) is 1. The summed E-state index contributed by atoms with van der Waals surface area (Å²) in [5.74, 6) is 3.41. The number of hydrogen-bond acceptors (Lipinski definition) is 7. The van der Waals surface area contributed by atoms with Crippen LogP contribution >= 0.6 is 11.8 Å². The third-order valence-corrected chi connectivity index (χ3v) is 7.29.